The summed E-state index contributed by atoms with van der Waals surface area (Å²) in [5.74, 6) is 0. The predicted octanol–water partition coefficient (Wildman–Crippen LogP) is 3.11. The van der Waals surface area contributed by atoms with Crippen molar-refractivity contribution in [2.24, 2.45) is 0 Å². The molecule has 0 unspecified atom stereocenters. The average Bonchev–Trinajstić information content (AvgIpc) is 2.47. The molecular weight excluding hydrogens is 194 g/mol. The lowest BCUT2D eigenvalue weighted by Gasteiger charge is -2.06. The number of rotatable bonds is 1. The molecule has 2 rings (SSSR count). The summed E-state index contributed by atoms with van der Waals surface area (Å²) in [6.07, 6.45) is 4.56. The summed E-state index contributed by atoms with van der Waals surface area (Å²) in [6, 6.07) is 8.07. The molecule has 0 bridgehead atoms. The van der Waals surface area contributed by atoms with Crippen LogP contribution >= 0.6 is 11.6 Å². The Morgan fingerprint density at radius 2 is 2.07 bits per heavy atom. The van der Waals surface area contributed by atoms with E-state index in [1.165, 1.54) is 17.6 Å². The number of allylic oxidation sites excluding steroid dienone is 1. The molecule has 0 fully saturated rings. The van der Waals surface area contributed by atoms with Crippen molar-refractivity contribution in [1.82, 2.24) is 5.32 Å². The summed E-state index contributed by atoms with van der Waals surface area (Å²) in [6.45, 7) is 2.06. The Labute approximate surface area is 89.8 Å². The lowest BCUT2D eigenvalue weighted by Crippen LogP contribution is -2.12. The fourth-order valence-electron chi connectivity index (χ4n) is 1.77. The van der Waals surface area contributed by atoms with E-state index in [2.05, 4.69) is 17.5 Å². The Balaban J connectivity index is 2.29. The molecule has 0 aromatic heterocycles. The summed E-state index contributed by atoms with van der Waals surface area (Å²) >= 11 is 6.15. The highest BCUT2D eigenvalue weighted by Crippen LogP contribution is 2.27. The van der Waals surface area contributed by atoms with Crippen LogP contribution in [0.15, 0.2) is 30.3 Å². The van der Waals surface area contributed by atoms with Crippen LogP contribution in [-0.4, -0.2) is 13.1 Å². The maximum absolute atomic E-state index is 6.15. The van der Waals surface area contributed by atoms with Crippen molar-refractivity contribution in [2.45, 2.75) is 12.8 Å². The first kappa shape index (κ1) is 9.75. The monoisotopic (exact) mass is 207 g/mol. The number of hydrogen-bond acceptors (Lipinski definition) is 1. The van der Waals surface area contributed by atoms with E-state index in [4.69, 9.17) is 11.6 Å². The molecule has 14 heavy (non-hydrogen) atoms. The van der Waals surface area contributed by atoms with Gasteiger partial charge in [-0.2, -0.15) is 0 Å². The maximum Gasteiger partial charge on any atom is 0.0481 e. The fourth-order valence-corrected chi connectivity index (χ4v) is 2.03. The molecule has 74 valence electrons. The van der Waals surface area contributed by atoms with Crippen molar-refractivity contribution in [2.75, 3.05) is 13.1 Å². The minimum atomic E-state index is 0.862. The van der Waals surface area contributed by atoms with Gasteiger partial charge in [0, 0.05) is 11.6 Å². The van der Waals surface area contributed by atoms with E-state index in [0.717, 1.165) is 24.5 Å². The SMILES string of the molecule is Clc1ccccc1C1=CCNCCC1. The van der Waals surface area contributed by atoms with E-state index < -0.39 is 0 Å². The molecule has 0 radical (unpaired) electrons. The Morgan fingerprint density at radius 1 is 1.21 bits per heavy atom. The molecule has 1 aliphatic heterocycles. The normalized spacial score (nSPS) is 17.4. The van der Waals surface area contributed by atoms with E-state index in [1.807, 2.05) is 18.2 Å². The fraction of sp³-hybridized carbons (Fsp3) is 0.333. The number of halogens is 1. The third-order valence-electron chi connectivity index (χ3n) is 2.51. The number of benzene rings is 1. The quantitative estimate of drug-likeness (QED) is 0.746. The molecule has 0 saturated carbocycles. The van der Waals surface area contributed by atoms with Gasteiger partial charge >= 0.3 is 0 Å². The van der Waals surface area contributed by atoms with E-state index in [9.17, 15) is 0 Å². The van der Waals surface area contributed by atoms with Gasteiger partial charge in [-0.1, -0.05) is 35.9 Å². The van der Waals surface area contributed by atoms with Crippen LogP contribution in [0.4, 0.5) is 0 Å². The van der Waals surface area contributed by atoms with Gasteiger partial charge in [0.25, 0.3) is 0 Å². The van der Waals surface area contributed by atoms with E-state index in [1.54, 1.807) is 0 Å². The van der Waals surface area contributed by atoms with Crippen LogP contribution < -0.4 is 5.32 Å². The van der Waals surface area contributed by atoms with Gasteiger partial charge in [0.1, 0.15) is 0 Å². The molecule has 0 aliphatic carbocycles. The van der Waals surface area contributed by atoms with Crippen LogP contribution in [0.25, 0.3) is 5.57 Å². The van der Waals surface area contributed by atoms with Gasteiger partial charge < -0.3 is 5.32 Å². The third kappa shape index (κ3) is 2.17. The molecule has 1 aromatic rings. The molecule has 0 spiro atoms. The highest BCUT2D eigenvalue weighted by atomic mass is 35.5. The molecule has 1 nitrogen and oxygen atoms in total. The molecule has 0 amide bonds. The summed E-state index contributed by atoms with van der Waals surface area (Å²) in [7, 11) is 0. The second-order valence-corrected chi connectivity index (χ2v) is 3.92. The molecule has 1 aliphatic rings. The van der Waals surface area contributed by atoms with Gasteiger partial charge in [0.05, 0.1) is 0 Å². The lowest BCUT2D eigenvalue weighted by atomic mass is 10.0. The summed E-state index contributed by atoms with van der Waals surface area (Å²) in [5, 5.41) is 4.21. The van der Waals surface area contributed by atoms with E-state index in [0.29, 0.717) is 0 Å². The standard InChI is InChI=1S/C12H14ClN/c13-12-6-2-1-5-11(12)10-4-3-8-14-9-7-10/h1-2,5-7,14H,3-4,8-9H2. The van der Waals surface area contributed by atoms with Crippen LogP contribution in [0, 0.1) is 0 Å². The van der Waals surface area contributed by atoms with Gasteiger partial charge in [0.15, 0.2) is 0 Å². The zero-order valence-electron chi connectivity index (χ0n) is 8.09. The molecule has 1 aromatic carbocycles. The third-order valence-corrected chi connectivity index (χ3v) is 2.84. The molecule has 1 N–H and O–H groups in total. The second-order valence-electron chi connectivity index (χ2n) is 3.52. The van der Waals surface area contributed by atoms with Crippen molar-refractivity contribution in [3.63, 3.8) is 0 Å². The summed E-state index contributed by atoms with van der Waals surface area (Å²) < 4.78 is 0. The van der Waals surface area contributed by atoms with Crippen LogP contribution in [0.5, 0.6) is 0 Å². The highest BCUT2D eigenvalue weighted by Gasteiger charge is 2.07. The van der Waals surface area contributed by atoms with Crippen LogP contribution in [0.1, 0.15) is 18.4 Å². The molecular formula is C12H14ClN. The van der Waals surface area contributed by atoms with Crippen LogP contribution in [0.2, 0.25) is 5.02 Å². The highest BCUT2D eigenvalue weighted by molar-refractivity contribution is 6.32. The summed E-state index contributed by atoms with van der Waals surface area (Å²) in [5.41, 5.74) is 2.57. The van der Waals surface area contributed by atoms with Gasteiger partial charge in [-0.15, -0.1) is 0 Å². The molecule has 0 atom stereocenters. The first-order valence-electron chi connectivity index (χ1n) is 5.02. The number of nitrogens with one attached hydrogen (secondary N) is 1. The molecule has 0 saturated heterocycles. The average molecular weight is 208 g/mol. The van der Waals surface area contributed by atoms with Gasteiger partial charge in [-0.3, -0.25) is 0 Å². The van der Waals surface area contributed by atoms with Gasteiger partial charge in [0.2, 0.25) is 0 Å². The largest absolute Gasteiger partial charge is 0.313 e. The molecule has 2 heteroatoms. The first-order chi connectivity index (χ1) is 6.88. The van der Waals surface area contributed by atoms with Crippen molar-refractivity contribution in [3.8, 4) is 0 Å². The smallest absolute Gasteiger partial charge is 0.0481 e. The topological polar surface area (TPSA) is 12.0 Å². The zero-order valence-corrected chi connectivity index (χ0v) is 8.85. The molecule has 1 heterocycles. The predicted molar refractivity (Wildman–Crippen MR) is 61.5 cm³/mol. The lowest BCUT2D eigenvalue weighted by molar-refractivity contribution is 0.723. The Kier molecular flexibility index (Phi) is 3.22. The second kappa shape index (κ2) is 4.63. The van der Waals surface area contributed by atoms with Gasteiger partial charge in [-0.25, -0.2) is 0 Å². The number of hydrogen-bond donors (Lipinski definition) is 1. The Hall–Kier alpha value is -0.790. The maximum atomic E-state index is 6.15. The van der Waals surface area contributed by atoms with E-state index in [-0.39, 0.29) is 0 Å². The Morgan fingerprint density at radius 3 is 2.93 bits per heavy atom. The van der Waals surface area contributed by atoms with Crippen LogP contribution in [-0.2, 0) is 0 Å². The van der Waals surface area contributed by atoms with Gasteiger partial charge in [-0.05, 0) is 36.6 Å². The zero-order chi connectivity index (χ0) is 9.80. The summed E-state index contributed by atoms with van der Waals surface area (Å²) in [4.78, 5) is 0. The Bertz CT molecular complexity index is 344. The minimum absolute atomic E-state index is 0.862. The van der Waals surface area contributed by atoms with Crippen molar-refractivity contribution in [1.29, 1.82) is 0 Å². The first-order valence-corrected chi connectivity index (χ1v) is 5.40. The van der Waals surface area contributed by atoms with Crippen molar-refractivity contribution in [3.05, 3.63) is 40.9 Å². The van der Waals surface area contributed by atoms with Crippen molar-refractivity contribution < 1.29 is 0 Å². The van der Waals surface area contributed by atoms with Crippen LogP contribution in [0.3, 0.4) is 0 Å². The van der Waals surface area contributed by atoms with Crippen molar-refractivity contribution >= 4 is 17.2 Å². The van der Waals surface area contributed by atoms with E-state index >= 15 is 0 Å². The minimum Gasteiger partial charge on any atom is -0.313 e.